The fourth-order valence-electron chi connectivity index (χ4n) is 4.04. The summed E-state index contributed by atoms with van der Waals surface area (Å²) in [6.45, 7) is 4.84. The highest BCUT2D eigenvalue weighted by molar-refractivity contribution is 5.88. The average Bonchev–Trinajstić information content (AvgIpc) is 3.22. The lowest BCUT2D eigenvalue weighted by Gasteiger charge is -2.23. The van der Waals surface area contributed by atoms with Gasteiger partial charge >= 0.3 is 0 Å². The molecule has 150 valence electrons. The van der Waals surface area contributed by atoms with Crippen LogP contribution in [0.3, 0.4) is 0 Å². The molecule has 1 N–H and O–H groups in total. The van der Waals surface area contributed by atoms with Crippen LogP contribution in [0.5, 0.6) is 5.75 Å². The molecule has 7 heteroatoms. The molecule has 1 aromatic heterocycles. The zero-order chi connectivity index (χ0) is 19.0. The van der Waals surface area contributed by atoms with Crippen LogP contribution in [0, 0.1) is 0 Å². The first kappa shape index (κ1) is 20.6. The molecule has 2 atom stereocenters. The number of ether oxygens (including phenoxy) is 1. The van der Waals surface area contributed by atoms with Gasteiger partial charge in [0.05, 0.1) is 17.8 Å². The van der Waals surface area contributed by atoms with Crippen molar-refractivity contribution in [3.05, 3.63) is 42.4 Å². The molecule has 2 aromatic rings. The summed E-state index contributed by atoms with van der Waals surface area (Å²) in [7, 11) is 1.87. The predicted octanol–water partition coefficient (Wildman–Crippen LogP) is 3.38. The predicted molar refractivity (Wildman–Crippen MR) is 111 cm³/mol. The maximum absolute atomic E-state index is 12.5. The number of carbonyl (C=O) groups excluding carboxylic acids is 1. The van der Waals surface area contributed by atoms with Crippen molar-refractivity contribution in [3.63, 3.8) is 0 Å². The topological polar surface area (TPSA) is 67.3 Å². The lowest BCUT2D eigenvalue weighted by atomic mass is 9.96. The first-order chi connectivity index (χ1) is 13.0. The van der Waals surface area contributed by atoms with Crippen molar-refractivity contribution in [3.8, 4) is 17.0 Å². The summed E-state index contributed by atoms with van der Waals surface area (Å²) in [6.07, 6.45) is 4.53. The molecule has 2 saturated heterocycles. The number of likely N-dealkylation sites (N-methyl/N-ethyl adjacent to an activating group) is 1. The Labute approximate surface area is 172 Å². The van der Waals surface area contributed by atoms with Gasteiger partial charge in [-0.3, -0.25) is 10.1 Å². The van der Waals surface area contributed by atoms with Gasteiger partial charge in [0.25, 0.3) is 0 Å². The van der Waals surface area contributed by atoms with Crippen LogP contribution in [-0.2, 0) is 4.79 Å². The summed E-state index contributed by atoms with van der Waals surface area (Å²) in [4.78, 5) is 23.6. The van der Waals surface area contributed by atoms with Gasteiger partial charge in [-0.15, -0.1) is 12.4 Å². The number of amides is 1. The van der Waals surface area contributed by atoms with E-state index in [2.05, 4.69) is 10.3 Å². The Hall–Kier alpha value is -2.18. The van der Waals surface area contributed by atoms with Crippen LogP contribution in [0.4, 0.5) is 0 Å². The lowest BCUT2D eigenvalue weighted by Crippen LogP contribution is -2.47. The third-order valence-electron chi connectivity index (χ3n) is 5.45. The van der Waals surface area contributed by atoms with E-state index < -0.39 is 5.54 Å². The third-order valence-corrected chi connectivity index (χ3v) is 5.45. The molecule has 0 unspecified atom stereocenters. The molecule has 0 bridgehead atoms. The molecule has 1 amide bonds. The van der Waals surface area contributed by atoms with Crippen molar-refractivity contribution in [1.82, 2.24) is 20.2 Å². The summed E-state index contributed by atoms with van der Waals surface area (Å²) < 4.78 is 5.70. The number of halogens is 1. The highest BCUT2D eigenvalue weighted by atomic mass is 35.5. The molecular weight excluding hydrogens is 376 g/mol. The van der Waals surface area contributed by atoms with Gasteiger partial charge in [-0.2, -0.15) is 0 Å². The lowest BCUT2D eigenvalue weighted by molar-refractivity contribution is -0.131. The third kappa shape index (κ3) is 3.84. The zero-order valence-electron chi connectivity index (χ0n) is 16.5. The number of rotatable bonds is 4. The van der Waals surface area contributed by atoms with E-state index in [0.717, 1.165) is 48.6 Å². The Bertz CT molecular complexity index is 843. The number of hydrogen-bond donors (Lipinski definition) is 1. The molecule has 4 rings (SSSR count). The minimum absolute atomic E-state index is 0. The van der Waals surface area contributed by atoms with Crippen molar-refractivity contribution >= 4 is 18.3 Å². The smallest absolute Gasteiger partial charge is 0.242 e. The number of hydrogen-bond acceptors (Lipinski definition) is 5. The number of nitrogens with one attached hydrogen (secondary N) is 1. The summed E-state index contributed by atoms with van der Waals surface area (Å²) in [5, 5.41) is 3.54. The quantitative estimate of drug-likeness (QED) is 0.849. The second kappa shape index (κ2) is 8.05. The van der Waals surface area contributed by atoms with Crippen molar-refractivity contribution in [2.24, 2.45) is 0 Å². The van der Waals surface area contributed by atoms with Gasteiger partial charge in [-0.1, -0.05) is 0 Å². The van der Waals surface area contributed by atoms with E-state index in [1.54, 1.807) is 6.20 Å². The van der Waals surface area contributed by atoms with E-state index in [1.807, 2.05) is 56.1 Å². The fraction of sp³-hybridized carbons (Fsp3) is 0.476. The summed E-state index contributed by atoms with van der Waals surface area (Å²) in [6, 6.07) is 9.90. The van der Waals surface area contributed by atoms with E-state index >= 15 is 0 Å². The first-order valence-electron chi connectivity index (χ1n) is 9.60. The van der Waals surface area contributed by atoms with Crippen LogP contribution >= 0.6 is 12.4 Å². The summed E-state index contributed by atoms with van der Waals surface area (Å²) in [5.41, 5.74) is 1.49. The van der Waals surface area contributed by atoms with Crippen molar-refractivity contribution in [1.29, 1.82) is 0 Å². The number of carbonyl (C=O) groups is 1. The Morgan fingerprint density at radius 2 is 1.96 bits per heavy atom. The van der Waals surface area contributed by atoms with Gasteiger partial charge in [-0.05, 0) is 63.4 Å². The molecule has 2 aliphatic rings. The monoisotopic (exact) mass is 402 g/mol. The fourth-order valence-corrected chi connectivity index (χ4v) is 4.04. The van der Waals surface area contributed by atoms with Gasteiger partial charge in [0, 0.05) is 25.4 Å². The number of likely N-dealkylation sites (tertiary alicyclic amines) is 1. The normalized spacial score (nSPS) is 24.1. The molecule has 2 fully saturated rings. The molecule has 6 nitrogen and oxygen atoms in total. The Balaban J connectivity index is 0.00000225. The number of benzene rings is 1. The minimum atomic E-state index is -0.422. The molecule has 3 heterocycles. The summed E-state index contributed by atoms with van der Waals surface area (Å²) >= 11 is 0. The maximum Gasteiger partial charge on any atom is 0.242 e. The SMILES string of the molecule is CC(C)Oc1ccc(-c2ccnc([C@H]3CC[C@@]4(CCN(C)C4=O)N3)n2)cc1.Cl. The number of nitrogens with zero attached hydrogens (tertiary/aromatic N) is 3. The van der Waals surface area contributed by atoms with E-state index in [4.69, 9.17) is 9.72 Å². The van der Waals surface area contributed by atoms with Gasteiger partial charge in [-0.25, -0.2) is 9.97 Å². The van der Waals surface area contributed by atoms with Crippen LogP contribution in [-0.4, -0.2) is 46.0 Å². The molecule has 0 radical (unpaired) electrons. The van der Waals surface area contributed by atoms with Crippen molar-refractivity contribution in [2.45, 2.75) is 50.8 Å². The van der Waals surface area contributed by atoms with E-state index in [-0.39, 0.29) is 30.5 Å². The first-order valence-corrected chi connectivity index (χ1v) is 9.60. The largest absolute Gasteiger partial charge is 0.491 e. The zero-order valence-corrected chi connectivity index (χ0v) is 17.3. The Kier molecular flexibility index (Phi) is 5.91. The van der Waals surface area contributed by atoms with Gasteiger partial charge < -0.3 is 9.64 Å². The summed E-state index contributed by atoms with van der Waals surface area (Å²) in [5.74, 6) is 1.81. The molecule has 0 aliphatic carbocycles. The maximum atomic E-state index is 12.5. The standard InChI is InChI=1S/C21H26N4O2.ClH/c1-14(2)27-16-6-4-15(5-7-16)17-9-12-22-19(23-17)18-8-10-21(24-18)11-13-25(3)20(21)26;/h4-7,9,12,14,18,24H,8,10-11,13H2,1-3H3;1H/t18-,21+;/m1./s1. The minimum Gasteiger partial charge on any atom is -0.491 e. The van der Waals surface area contributed by atoms with Crippen LogP contribution in [0.2, 0.25) is 0 Å². The molecule has 1 spiro atoms. The van der Waals surface area contributed by atoms with E-state index in [9.17, 15) is 4.79 Å². The number of aromatic nitrogens is 2. The highest BCUT2D eigenvalue weighted by Crippen LogP contribution is 2.38. The van der Waals surface area contributed by atoms with Crippen LogP contribution in [0.15, 0.2) is 36.5 Å². The van der Waals surface area contributed by atoms with E-state index in [0.29, 0.717) is 0 Å². The van der Waals surface area contributed by atoms with Gasteiger partial charge in [0.2, 0.25) is 5.91 Å². The highest BCUT2D eigenvalue weighted by Gasteiger charge is 2.50. The molecule has 28 heavy (non-hydrogen) atoms. The van der Waals surface area contributed by atoms with Crippen LogP contribution in [0.25, 0.3) is 11.3 Å². The van der Waals surface area contributed by atoms with Crippen molar-refractivity contribution in [2.75, 3.05) is 13.6 Å². The van der Waals surface area contributed by atoms with Gasteiger partial charge in [0.15, 0.2) is 0 Å². The van der Waals surface area contributed by atoms with Gasteiger partial charge in [0.1, 0.15) is 17.1 Å². The molecule has 2 aliphatic heterocycles. The molecule has 1 aromatic carbocycles. The average molecular weight is 403 g/mol. The second-order valence-corrected chi connectivity index (χ2v) is 7.79. The Morgan fingerprint density at radius 3 is 2.61 bits per heavy atom. The van der Waals surface area contributed by atoms with Crippen molar-refractivity contribution < 1.29 is 9.53 Å². The second-order valence-electron chi connectivity index (χ2n) is 7.79. The van der Waals surface area contributed by atoms with Crippen LogP contribution < -0.4 is 10.1 Å². The Morgan fingerprint density at radius 1 is 1.21 bits per heavy atom. The molecule has 0 saturated carbocycles. The molecular formula is C21H27ClN4O2. The van der Waals surface area contributed by atoms with Crippen LogP contribution in [0.1, 0.15) is 45.0 Å². The van der Waals surface area contributed by atoms with E-state index in [1.165, 1.54) is 0 Å².